The Balaban J connectivity index is 1.78. The average Bonchev–Trinajstić information content (AvgIpc) is 3.04. The molecule has 1 atom stereocenters. The van der Waals surface area contributed by atoms with Crippen LogP contribution in [0.5, 0.6) is 0 Å². The number of esters is 1. The summed E-state index contributed by atoms with van der Waals surface area (Å²) in [5.41, 5.74) is 1.88. The van der Waals surface area contributed by atoms with Crippen LogP contribution in [0.4, 0.5) is 10.5 Å². The van der Waals surface area contributed by atoms with Crippen molar-refractivity contribution in [1.82, 2.24) is 19.9 Å². The van der Waals surface area contributed by atoms with Gasteiger partial charge in [-0.2, -0.15) is 0 Å². The second kappa shape index (κ2) is 7.64. The number of aryl methyl sites for hydroxylation is 1. The Labute approximate surface area is 150 Å². The molecule has 0 fully saturated rings. The van der Waals surface area contributed by atoms with Crippen LogP contribution in [0.2, 0.25) is 0 Å². The van der Waals surface area contributed by atoms with Crippen molar-refractivity contribution >= 4 is 23.3 Å². The Morgan fingerprint density at radius 1 is 1.15 bits per heavy atom. The molecule has 2 amide bonds. The van der Waals surface area contributed by atoms with Gasteiger partial charge in [0.1, 0.15) is 5.82 Å². The zero-order chi connectivity index (χ0) is 18.5. The highest BCUT2D eigenvalue weighted by Gasteiger charge is 2.19. The topological polar surface area (TPSA) is 97.6 Å². The minimum absolute atomic E-state index is 0.0299. The Kier molecular flexibility index (Phi) is 5.12. The second-order valence-electron chi connectivity index (χ2n) is 5.70. The van der Waals surface area contributed by atoms with E-state index in [0.717, 1.165) is 11.4 Å². The van der Waals surface area contributed by atoms with Crippen LogP contribution in [0, 0.1) is 6.92 Å². The van der Waals surface area contributed by atoms with Crippen molar-refractivity contribution in [3.05, 3.63) is 60.0 Å². The molecule has 0 aliphatic carbocycles. The summed E-state index contributed by atoms with van der Waals surface area (Å²) in [6.07, 6.45) is 1.85. The second-order valence-corrected chi connectivity index (χ2v) is 5.70. The first kappa shape index (κ1) is 17.4. The molecule has 0 saturated heterocycles. The number of aromatic nitrogens is 3. The molecule has 8 nitrogen and oxygen atoms in total. The van der Waals surface area contributed by atoms with Gasteiger partial charge in [0.05, 0.1) is 25.3 Å². The predicted molar refractivity (Wildman–Crippen MR) is 95.7 cm³/mol. The molecule has 1 unspecified atom stereocenters. The molecule has 2 heterocycles. The number of nitrogens with zero attached hydrogens (tertiary/aromatic N) is 3. The molecule has 1 aromatic carbocycles. The molecule has 8 heteroatoms. The van der Waals surface area contributed by atoms with E-state index in [2.05, 4.69) is 20.8 Å². The highest BCUT2D eigenvalue weighted by Crippen LogP contribution is 2.19. The SMILES string of the molecule is COC(=O)CC(NC(=O)Nc1cccn2c(C)nnc12)c1ccccc1. The van der Waals surface area contributed by atoms with E-state index >= 15 is 0 Å². The standard InChI is InChI=1S/C18H19N5O3/c1-12-21-22-17-14(9-6-10-23(12)17)19-18(25)20-15(11-16(24)26-2)13-7-4-3-5-8-13/h3-10,15H,11H2,1-2H3,(H2,19,20,25). The number of carbonyl (C=O) groups is 2. The number of ether oxygens (including phenoxy) is 1. The number of fused-ring (bicyclic) bond motifs is 1. The van der Waals surface area contributed by atoms with E-state index < -0.39 is 18.0 Å². The van der Waals surface area contributed by atoms with E-state index in [9.17, 15) is 9.59 Å². The zero-order valence-corrected chi connectivity index (χ0v) is 14.5. The Hall–Kier alpha value is -3.42. The number of methoxy groups -OCH3 is 1. The number of nitrogens with one attached hydrogen (secondary N) is 2. The number of hydrogen-bond donors (Lipinski definition) is 2. The molecule has 0 aliphatic rings. The fourth-order valence-electron chi connectivity index (χ4n) is 2.63. The van der Waals surface area contributed by atoms with Crippen LogP contribution < -0.4 is 10.6 Å². The lowest BCUT2D eigenvalue weighted by Gasteiger charge is -2.18. The van der Waals surface area contributed by atoms with Gasteiger partial charge in [0, 0.05) is 6.20 Å². The monoisotopic (exact) mass is 353 g/mol. The van der Waals surface area contributed by atoms with Gasteiger partial charge in [0.2, 0.25) is 0 Å². The Morgan fingerprint density at radius 3 is 2.65 bits per heavy atom. The van der Waals surface area contributed by atoms with Crippen LogP contribution in [0.1, 0.15) is 23.9 Å². The molecule has 2 N–H and O–H groups in total. The van der Waals surface area contributed by atoms with Gasteiger partial charge in [0.15, 0.2) is 5.65 Å². The maximum Gasteiger partial charge on any atom is 0.319 e. The molecule has 2 aromatic heterocycles. The zero-order valence-electron chi connectivity index (χ0n) is 14.5. The van der Waals surface area contributed by atoms with E-state index in [1.165, 1.54) is 7.11 Å². The first-order valence-corrected chi connectivity index (χ1v) is 8.08. The minimum atomic E-state index is -0.511. The third-order valence-electron chi connectivity index (χ3n) is 3.96. The minimum Gasteiger partial charge on any atom is -0.469 e. The first-order chi connectivity index (χ1) is 12.6. The smallest absolute Gasteiger partial charge is 0.319 e. The Morgan fingerprint density at radius 2 is 1.92 bits per heavy atom. The fourth-order valence-corrected chi connectivity index (χ4v) is 2.63. The molecule has 0 saturated carbocycles. The molecular formula is C18H19N5O3. The lowest BCUT2D eigenvalue weighted by Crippen LogP contribution is -2.34. The third kappa shape index (κ3) is 3.80. The van der Waals surface area contributed by atoms with Gasteiger partial charge < -0.3 is 15.4 Å². The van der Waals surface area contributed by atoms with Crippen molar-refractivity contribution in [1.29, 1.82) is 0 Å². The van der Waals surface area contributed by atoms with Crippen molar-refractivity contribution in [2.45, 2.75) is 19.4 Å². The quantitative estimate of drug-likeness (QED) is 0.687. The number of pyridine rings is 1. The number of hydrogen-bond acceptors (Lipinski definition) is 5. The van der Waals surface area contributed by atoms with Crippen LogP contribution in [-0.4, -0.2) is 33.7 Å². The molecule has 0 bridgehead atoms. The number of anilines is 1. The van der Waals surface area contributed by atoms with Gasteiger partial charge in [-0.05, 0) is 24.6 Å². The maximum absolute atomic E-state index is 12.5. The lowest BCUT2D eigenvalue weighted by molar-refractivity contribution is -0.141. The summed E-state index contributed by atoms with van der Waals surface area (Å²) in [6.45, 7) is 1.83. The normalized spacial score (nSPS) is 11.8. The lowest BCUT2D eigenvalue weighted by atomic mass is 10.0. The van der Waals surface area contributed by atoms with Gasteiger partial charge in [-0.25, -0.2) is 4.79 Å². The van der Waals surface area contributed by atoms with E-state index in [-0.39, 0.29) is 6.42 Å². The molecule has 3 rings (SSSR count). The number of rotatable bonds is 5. The van der Waals surface area contributed by atoms with Crippen molar-refractivity contribution in [3.8, 4) is 0 Å². The molecule has 0 radical (unpaired) electrons. The van der Waals surface area contributed by atoms with Gasteiger partial charge in [0.25, 0.3) is 0 Å². The summed E-state index contributed by atoms with van der Waals surface area (Å²) >= 11 is 0. The summed E-state index contributed by atoms with van der Waals surface area (Å²) in [7, 11) is 1.32. The van der Waals surface area contributed by atoms with Crippen LogP contribution in [-0.2, 0) is 9.53 Å². The summed E-state index contributed by atoms with van der Waals surface area (Å²) < 4.78 is 6.51. The summed E-state index contributed by atoms with van der Waals surface area (Å²) in [5.74, 6) is 0.311. The predicted octanol–water partition coefficient (Wildman–Crippen LogP) is 2.46. The summed E-state index contributed by atoms with van der Waals surface area (Å²) in [6, 6.07) is 11.8. The molecular weight excluding hydrogens is 334 g/mol. The number of amides is 2. The molecule has 3 aromatic rings. The van der Waals surface area contributed by atoms with E-state index in [0.29, 0.717) is 11.3 Å². The van der Waals surface area contributed by atoms with E-state index in [1.54, 1.807) is 16.5 Å². The van der Waals surface area contributed by atoms with E-state index in [1.807, 2.05) is 43.5 Å². The molecule has 0 aliphatic heterocycles. The number of carbonyl (C=O) groups excluding carboxylic acids is 2. The van der Waals surface area contributed by atoms with Crippen LogP contribution in [0.15, 0.2) is 48.7 Å². The Bertz CT molecular complexity index is 923. The fraction of sp³-hybridized carbons (Fsp3) is 0.222. The number of urea groups is 1. The van der Waals surface area contributed by atoms with Gasteiger partial charge in [-0.15, -0.1) is 10.2 Å². The largest absolute Gasteiger partial charge is 0.469 e. The van der Waals surface area contributed by atoms with Crippen molar-refractivity contribution in [3.63, 3.8) is 0 Å². The van der Waals surface area contributed by atoms with Crippen LogP contribution >= 0.6 is 0 Å². The van der Waals surface area contributed by atoms with Crippen LogP contribution in [0.3, 0.4) is 0 Å². The van der Waals surface area contributed by atoms with Gasteiger partial charge >= 0.3 is 12.0 Å². The van der Waals surface area contributed by atoms with Crippen molar-refractivity contribution in [2.24, 2.45) is 0 Å². The maximum atomic E-state index is 12.5. The highest BCUT2D eigenvalue weighted by molar-refractivity contribution is 5.93. The first-order valence-electron chi connectivity index (χ1n) is 8.08. The highest BCUT2D eigenvalue weighted by atomic mass is 16.5. The molecule has 26 heavy (non-hydrogen) atoms. The summed E-state index contributed by atoms with van der Waals surface area (Å²) in [5, 5.41) is 13.6. The van der Waals surface area contributed by atoms with Gasteiger partial charge in [-0.1, -0.05) is 30.3 Å². The third-order valence-corrected chi connectivity index (χ3v) is 3.96. The number of benzene rings is 1. The van der Waals surface area contributed by atoms with Crippen molar-refractivity contribution in [2.75, 3.05) is 12.4 Å². The summed E-state index contributed by atoms with van der Waals surface area (Å²) in [4.78, 5) is 24.2. The average molecular weight is 353 g/mol. The molecule has 0 spiro atoms. The van der Waals surface area contributed by atoms with E-state index in [4.69, 9.17) is 4.74 Å². The van der Waals surface area contributed by atoms with Gasteiger partial charge in [-0.3, -0.25) is 9.20 Å². The van der Waals surface area contributed by atoms with Crippen LogP contribution in [0.25, 0.3) is 5.65 Å². The van der Waals surface area contributed by atoms with Crippen molar-refractivity contribution < 1.29 is 14.3 Å². The molecule has 134 valence electrons.